The van der Waals surface area contributed by atoms with Crippen LogP contribution >= 0.6 is 11.3 Å². The van der Waals surface area contributed by atoms with Crippen LogP contribution in [0, 0.1) is 6.92 Å². The molecule has 7 nitrogen and oxygen atoms in total. The molecule has 188 valence electrons. The number of aryl methyl sites for hydroxylation is 1. The normalized spacial score (nSPS) is 17.9. The van der Waals surface area contributed by atoms with Gasteiger partial charge in [0, 0.05) is 19.0 Å². The van der Waals surface area contributed by atoms with E-state index in [0.29, 0.717) is 43.2 Å². The quantitative estimate of drug-likeness (QED) is 0.549. The summed E-state index contributed by atoms with van der Waals surface area (Å²) in [5, 5.41) is 3.84. The molecule has 0 fully saturated rings. The van der Waals surface area contributed by atoms with Gasteiger partial charge in [0.25, 0.3) is 11.8 Å². The molecule has 1 N–H and O–H groups in total. The van der Waals surface area contributed by atoms with Crippen LogP contribution in [0.25, 0.3) is 0 Å². The van der Waals surface area contributed by atoms with Gasteiger partial charge < -0.3 is 19.7 Å². The minimum Gasteiger partial charge on any atom is -0.494 e. The molecule has 8 heteroatoms. The number of nitrogens with zero attached hydrogens (tertiary/aromatic N) is 2. The Morgan fingerprint density at radius 2 is 2.00 bits per heavy atom. The summed E-state index contributed by atoms with van der Waals surface area (Å²) in [6, 6.07) is 13.6. The molecule has 36 heavy (non-hydrogen) atoms. The fraction of sp³-hybridized carbons (Fsp3) is 0.393. The van der Waals surface area contributed by atoms with Gasteiger partial charge in [-0.25, -0.2) is 4.98 Å². The summed E-state index contributed by atoms with van der Waals surface area (Å²) in [6.45, 7) is 7.65. The van der Waals surface area contributed by atoms with Gasteiger partial charge in [0.15, 0.2) is 6.61 Å². The molecule has 1 unspecified atom stereocenters. The molecule has 6 rings (SSSR count). The third-order valence-electron chi connectivity index (χ3n) is 6.56. The highest BCUT2D eigenvalue weighted by Gasteiger charge is 2.35. The molecule has 3 aromatic rings. The Morgan fingerprint density at radius 1 is 1.17 bits per heavy atom. The average molecular weight is 506 g/mol. The van der Waals surface area contributed by atoms with Crippen LogP contribution in [0.2, 0.25) is 0 Å². The minimum absolute atomic E-state index is 0.00488. The van der Waals surface area contributed by atoms with Crippen molar-refractivity contribution >= 4 is 23.2 Å². The summed E-state index contributed by atoms with van der Waals surface area (Å²) in [7, 11) is 0. The predicted octanol–water partition coefficient (Wildman–Crippen LogP) is 4.64. The predicted molar refractivity (Wildman–Crippen MR) is 139 cm³/mol. The highest BCUT2D eigenvalue weighted by Crippen LogP contribution is 2.39. The molecule has 2 aromatic carbocycles. The average Bonchev–Trinajstić information content (AvgIpc) is 3.27. The van der Waals surface area contributed by atoms with Gasteiger partial charge in [-0.3, -0.25) is 9.59 Å². The summed E-state index contributed by atoms with van der Waals surface area (Å²) in [4.78, 5) is 33.4. The lowest BCUT2D eigenvalue weighted by atomic mass is 9.87. The number of carbonyl (C=O) groups is 2. The maximum atomic E-state index is 14.0. The van der Waals surface area contributed by atoms with Gasteiger partial charge in [-0.2, -0.15) is 0 Å². The van der Waals surface area contributed by atoms with Crippen LogP contribution in [0.1, 0.15) is 69.3 Å². The second-order valence-corrected chi connectivity index (χ2v) is 10.6. The first kappa shape index (κ1) is 24.3. The van der Waals surface area contributed by atoms with Crippen LogP contribution in [0.15, 0.2) is 42.5 Å². The van der Waals surface area contributed by atoms with E-state index in [0.717, 1.165) is 33.1 Å². The van der Waals surface area contributed by atoms with E-state index in [1.54, 1.807) is 0 Å². The van der Waals surface area contributed by atoms with Crippen molar-refractivity contribution in [2.24, 2.45) is 0 Å². The topological polar surface area (TPSA) is 80.8 Å². The van der Waals surface area contributed by atoms with Crippen molar-refractivity contribution in [1.82, 2.24) is 15.2 Å². The Balaban J connectivity index is 1.57. The van der Waals surface area contributed by atoms with Crippen molar-refractivity contribution in [3.05, 3.63) is 74.7 Å². The number of thiazole rings is 1. The number of carbonyl (C=O) groups excluding carboxylic acids is 2. The second-order valence-electron chi connectivity index (χ2n) is 9.55. The van der Waals surface area contributed by atoms with E-state index in [4.69, 9.17) is 9.47 Å². The summed E-state index contributed by atoms with van der Waals surface area (Å²) < 4.78 is 11.8. The number of hydrogen-bond donors (Lipinski definition) is 1. The molecule has 1 aromatic heterocycles. The lowest BCUT2D eigenvalue weighted by Crippen LogP contribution is -2.40. The molecule has 0 aliphatic carbocycles. The Hall–Kier alpha value is -3.39. The monoisotopic (exact) mass is 505 g/mol. The fourth-order valence-electron chi connectivity index (χ4n) is 4.73. The lowest BCUT2D eigenvalue weighted by molar-refractivity contribution is -0.123. The van der Waals surface area contributed by atoms with Crippen LogP contribution in [-0.2, 0) is 11.2 Å². The molecule has 0 saturated heterocycles. The van der Waals surface area contributed by atoms with Gasteiger partial charge >= 0.3 is 0 Å². The van der Waals surface area contributed by atoms with Crippen molar-refractivity contribution in [2.45, 2.75) is 45.6 Å². The fourth-order valence-corrected chi connectivity index (χ4v) is 5.75. The van der Waals surface area contributed by atoms with E-state index in [1.807, 2.05) is 48.2 Å². The summed E-state index contributed by atoms with van der Waals surface area (Å²) >= 11 is 1.50. The van der Waals surface area contributed by atoms with E-state index in [9.17, 15) is 9.59 Å². The summed E-state index contributed by atoms with van der Waals surface area (Å²) in [5.41, 5.74) is 3.96. The van der Waals surface area contributed by atoms with Crippen molar-refractivity contribution < 1.29 is 19.1 Å². The van der Waals surface area contributed by atoms with Gasteiger partial charge in [0.05, 0.1) is 23.4 Å². The number of nitrogens with one attached hydrogen (secondary N) is 1. The molecule has 0 spiro atoms. The van der Waals surface area contributed by atoms with Crippen LogP contribution < -0.4 is 14.8 Å². The first-order valence-electron chi connectivity index (χ1n) is 12.4. The molecule has 2 amide bonds. The molecule has 0 radical (unpaired) electrons. The van der Waals surface area contributed by atoms with Crippen molar-refractivity contribution in [3.63, 3.8) is 0 Å². The van der Waals surface area contributed by atoms with Gasteiger partial charge in [0.2, 0.25) is 0 Å². The standard InChI is InChI=1S/C28H31N3O4S/c1-17(2)27-30-18(3)26(36-27)28(33)31-12-10-19-14-22-8-9-23(19)25(31)20-6-4-7-21(15-20)34-13-5-11-29-24(32)16-35-22/h4,6-9,14-15,17,25H,5,10-13,16H2,1-3H3,(H,29,32). The third-order valence-corrected chi connectivity index (χ3v) is 8.01. The van der Waals surface area contributed by atoms with Crippen molar-refractivity contribution in [1.29, 1.82) is 0 Å². The van der Waals surface area contributed by atoms with Gasteiger partial charge in [0.1, 0.15) is 16.4 Å². The number of benzene rings is 2. The van der Waals surface area contributed by atoms with Crippen molar-refractivity contribution in [3.8, 4) is 11.5 Å². The van der Waals surface area contributed by atoms with Crippen LogP contribution in [0.5, 0.6) is 11.5 Å². The zero-order valence-electron chi connectivity index (χ0n) is 20.9. The third kappa shape index (κ3) is 4.95. The smallest absolute Gasteiger partial charge is 0.266 e. The molecular formula is C28H31N3O4S. The number of aromatic nitrogens is 1. The molecule has 1 atom stereocenters. The van der Waals surface area contributed by atoms with Gasteiger partial charge in [-0.05, 0) is 60.7 Å². The van der Waals surface area contributed by atoms with Crippen LogP contribution in [-0.4, -0.2) is 48.0 Å². The first-order chi connectivity index (χ1) is 17.4. The van der Waals surface area contributed by atoms with Gasteiger partial charge in [-0.1, -0.05) is 32.0 Å². The second kappa shape index (κ2) is 10.3. The molecule has 4 heterocycles. The molecule has 0 saturated carbocycles. The summed E-state index contributed by atoms with van der Waals surface area (Å²) in [5.74, 6) is 1.53. The Labute approximate surface area is 215 Å². The maximum absolute atomic E-state index is 14.0. The zero-order valence-corrected chi connectivity index (χ0v) is 21.7. The zero-order chi connectivity index (χ0) is 25.2. The molecular weight excluding hydrogens is 474 g/mol. The largest absolute Gasteiger partial charge is 0.494 e. The first-order valence-corrected chi connectivity index (χ1v) is 13.3. The van der Waals surface area contributed by atoms with E-state index >= 15 is 0 Å². The van der Waals surface area contributed by atoms with E-state index in [1.165, 1.54) is 11.3 Å². The highest BCUT2D eigenvalue weighted by molar-refractivity contribution is 7.13. The SMILES string of the molecule is Cc1nc(C(C)C)sc1C(=O)N1CCc2cc3ccc2C1c1cccc(c1)OCCCNC(=O)CO3. The Bertz CT molecular complexity index is 1290. The van der Waals surface area contributed by atoms with Gasteiger partial charge in [-0.15, -0.1) is 11.3 Å². The Morgan fingerprint density at radius 3 is 2.81 bits per heavy atom. The number of amides is 2. The van der Waals surface area contributed by atoms with E-state index in [-0.39, 0.29) is 30.4 Å². The molecule has 3 aliphatic rings. The lowest BCUT2D eigenvalue weighted by Gasteiger charge is -2.38. The van der Waals surface area contributed by atoms with Crippen LogP contribution in [0.3, 0.4) is 0 Å². The van der Waals surface area contributed by atoms with Crippen LogP contribution in [0.4, 0.5) is 0 Å². The highest BCUT2D eigenvalue weighted by atomic mass is 32.1. The maximum Gasteiger partial charge on any atom is 0.266 e. The number of ether oxygens (including phenoxy) is 2. The number of fused-ring (bicyclic) bond motifs is 8. The summed E-state index contributed by atoms with van der Waals surface area (Å²) in [6.07, 6.45) is 1.39. The molecule has 6 bridgehead atoms. The number of rotatable bonds is 2. The Kier molecular flexibility index (Phi) is 6.96. The number of hydrogen-bond acceptors (Lipinski definition) is 6. The van der Waals surface area contributed by atoms with Crippen molar-refractivity contribution in [2.75, 3.05) is 26.3 Å². The minimum atomic E-state index is -0.265. The van der Waals surface area contributed by atoms with E-state index < -0.39 is 0 Å². The molecule has 3 aliphatic heterocycles. The van der Waals surface area contributed by atoms with E-state index in [2.05, 4.69) is 30.2 Å².